The highest BCUT2D eigenvalue weighted by atomic mass is 32.1. The third kappa shape index (κ3) is 4.52. The van der Waals surface area contributed by atoms with Gasteiger partial charge in [-0.3, -0.25) is 9.69 Å². The van der Waals surface area contributed by atoms with Crippen LogP contribution in [0.1, 0.15) is 51.4 Å². The lowest BCUT2D eigenvalue weighted by molar-refractivity contribution is -0.125. The zero-order valence-corrected chi connectivity index (χ0v) is 18.8. The molecular weight excluding hydrogens is 390 g/mol. The van der Waals surface area contributed by atoms with Crippen molar-refractivity contribution in [1.82, 2.24) is 10.2 Å². The molecule has 162 valence electrons. The molecule has 0 radical (unpaired) electrons. The molecule has 30 heavy (non-hydrogen) atoms. The number of rotatable bonds is 6. The summed E-state index contributed by atoms with van der Waals surface area (Å²) in [6.07, 6.45) is 9.81. The van der Waals surface area contributed by atoms with Crippen LogP contribution in [0.15, 0.2) is 29.6 Å². The Balaban J connectivity index is 1.02. The third-order valence-corrected chi connectivity index (χ3v) is 8.60. The molecule has 1 aromatic heterocycles. The van der Waals surface area contributed by atoms with Crippen LogP contribution in [0.4, 0.5) is 5.69 Å². The topological polar surface area (TPSA) is 35.6 Å². The van der Waals surface area contributed by atoms with Gasteiger partial charge in [-0.15, -0.1) is 11.3 Å². The lowest BCUT2D eigenvalue weighted by Crippen LogP contribution is -2.48. The van der Waals surface area contributed by atoms with Gasteiger partial charge in [-0.2, -0.15) is 0 Å². The van der Waals surface area contributed by atoms with Crippen LogP contribution in [0.5, 0.6) is 0 Å². The Morgan fingerprint density at radius 2 is 1.93 bits per heavy atom. The van der Waals surface area contributed by atoms with Gasteiger partial charge >= 0.3 is 0 Å². The quantitative estimate of drug-likeness (QED) is 0.670. The molecule has 3 fully saturated rings. The summed E-state index contributed by atoms with van der Waals surface area (Å²) in [5.41, 5.74) is 1.42. The fourth-order valence-electron chi connectivity index (χ4n) is 5.93. The van der Waals surface area contributed by atoms with Crippen molar-refractivity contribution in [2.45, 2.75) is 57.4 Å². The first-order valence-corrected chi connectivity index (χ1v) is 12.9. The molecule has 1 saturated carbocycles. The normalized spacial score (nSPS) is 27.8. The molecule has 3 unspecified atom stereocenters. The predicted molar refractivity (Wildman–Crippen MR) is 126 cm³/mol. The minimum atomic E-state index is 0.284. The van der Waals surface area contributed by atoms with E-state index in [1.54, 1.807) is 0 Å². The lowest BCUT2D eigenvalue weighted by atomic mass is 9.73. The molecule has 1 amide bonds. The largest absolute Gasteiger partial charge is 0.368 e. The molecule has 2 saturated heterocycles. The number of piperidine rings is 1. The van der Waals surface area contributed by atoms with Crippen LogP contribution in [0, 0.1) is 11.8 Å². The molecule has 5 heteroatoms. The number of hydrogen-bond donors (Lipinski definition) is 1. The number of thiophene rings is 1. The maximum Gasteiger partial charge on any atom is 0.220 e. The van der Waals surface area contributed by atoms with Crippen LogP contribution in [0.2, 0.25) is 0 Å². The Morgan fingerprint density at radius 1 is 1.03 bits per heavy atom. The average molecular weight is 426 g/mol. The molecule has 1 aromatic carbocycles. The first-order valence-electron chi connectivity index (χ1n) is 12.0. The van der Waals surface area contributed by atoms with Gasteiger partial charge in [0.05, 0.1) is 0 Å². The fourth-order valence-corrected chi connectivity index (χ4v) is 6.74. The molecule has 1 aliphatic carbocycles. The van der Waals surface area contributed by atoms with Gasteiger partial charge in [0.2, 0.25) is 5.91 Å². The minimum absolute atomic E-state index is 0.284. The van der Waals surface area contributed by atoms with Gasteiger partial charge in [0.1, 0.15) is 0 Å². The molecule has 2 aromatic rings. The number of carbonyl (C=O) groups excluding carboxylic acids is 1. The summed E-state index contributed by atoms with van der Waals surface area (Å²) in [5.74, 6) is 1.87. The highest BCUT2D eigenvalue weighted by Gasteiger charge is 2.34. The maximum absolute atomic E-state index is 11.7. The smallest absolute Gasteiger partial charge is 0.220 e. The third-order valence-electron chi connectivity index (χ3n) is 7.71. The number of anilines is 1. The van der Waals surface area contributed by atoms with Gasteiger partial charge in [-0.25, -0.2) is 0 Å². The van der Waals surface area contributed by atoms with Crippen molar-refractivity contribution < 1.29 is 4.79 Å². The molecule has 3 heterocycles. The average Bonchev–Trinajstić information content (AvgIpc) is 3.26. The van der Waals surface area contributed by atoms with Crippen molar-refractivity contribution in [3.63, 3.8) is 0 Å². The fraction of sp³-hybridized carbons (Fsp3) is 0.640. The summed E-state index contributed by atoms with van der Waals surface area (Å²) in [4.78, 5) is 16.9. The zero-order valence-electron chi connectivity index (χ0n) is 18.0. The van der Waals surface area contributed by atoms with Crippen molar-refractivity contribution in [3.05, 3.63) is 29.6 Å². The molecule has 0 spiro atoms. The van der Waals surface area contributed by atoms with Crippen molar-refractivity contribution in [2.75, 3.05) is 37.6 Å². The molecule has 5 rings (SSSR count). The first kappa shape index (κ1) is 20.3. The monoisotopic (exact) mass is 425 g/mol. The van der Waals surface area contributed by atoms with Gasteiger partial charge in [0.25, 0.3) is 0 Å². The summed E-state index contributed by atoms with van der Waals surface area (Å²) in [6, 6.07) is 9.47. The van der Waals surface area contributed by atoms with Crippen LogP contribution in [0.3, 0.4) is 0 Å². The second-order valence-electron chi connectivity index (χ2n) is 9.59. The summed E-state index contributed by atoms with van der Waals surface area (Å²) in [7, 11) is 0. The number of hydrogen-bond acceptors (Lipinski definition) is 4. The van der Waals surface area contributed by atoms with E-state index in [0.717, 1.165) is 37.8 Å². The second kappa shape index (κ2) is 9.27. The molecule has 3 aliphatic rings. The van der Waals surface area contributed by atoms with Crippen LogP contribution in [0.25, 0.3) is 10.1 Å². The number of carbonyl (C=O) groups is 1. The number of unbranched alkanes of at least 4 members (excludes halogenated alkanes) is 1. The number of piperazine rings is 1. The Morgan fingerprint density at radius 3 is 2.83 bits per heavy atom. The van der Waals surface area contributed by atoms with E-state index in [1.807, 2.05) is 11.3 Å². The summed E-state index contributed by atoms with van der Waals surface area (Å²) >= 11 is 1.84. The van der Waals surface area contributed by atoms with Gasteiger partial charge in [0, 0.05) is 54.4 Å². The molecular formula is C25H35N3OS. The van der Waals surface area contributed by atoms with E-state index in [2.05, 4.69) is 44.8 Å². The number of nitrogens with one attached hydrogen (secondary N) is 1. The molecule has 2 aliphatic heterocycles. The number of nitrogens with zero attached hydrogens (tertiary/aromatic N) is 2. The molecule has 4 nitrogen and oxygen atoms in total. The predicted octanol–water partition coefficient (Wildman–Crippen LogP) is 4.89. The van der Waals surface area contributed by atoms with Crippen LogP contribution in [-0.4, -0.2) is 49.6 Å². The Hall–Kier alpha value is -1.59. The van der Waals surface area contributed by atoms with E-state index >= 15 is 0 Å². The molecule has 0 bridgehead atoms. The molecule has 3 atom stereocenters. The van der Waals surface area contributed by atoms with Crippen molar-refractivity contribution in [3.8, 4) is 0 Å². The second-order valence-corrected chi connectivity index (χ2v) is 10.5. The number of amides is 1. The van der Waals surface area contributed by atoms with E-state index in [4.69, 9.17) is 0 Å². The van der Waals surface area contributed by atoms with Crippen LogP contribution < -0.4 is 10.2 Å². The minimum Gasteiger partial charge on any atom is -0.368 e. The van der Waals surface area contributed by atoms with Gasteiger partial charge in [-0.05, 0) is 67.6 Å². The molecule has 1 N–H and O–H groups in total. The van der Waals surface area contributed by atoms with Gasteiger partial charge in [0.15, 0.2) is 0 Å². The van der Waals surface area contributed by atoms with Crippen molar-refractivity contribution in [1.29, 1.82) is 0 Å². The number of benzene rings is 1. The maximum atomic E-state index is 11.7. The zero-order chi connectivity index (χ0) is 20.3. The SMILES string of the molecule is O=C1CCC2CCC(CCCCN3CCN(c4cccc5sccc45)CC3)CC2N1. The van der Waals surface area contributed by atoms with E-state index in [0.29, 0.717) is 6.04 Å². The lowest BCUT2D eigenvalue weighted by Gasteiger charge is -2.39. The van der Waals surface area contributed by atoms with Gasteiger partial charge < -0.3 is 10.2 Å². The Labute approximate surface area is 184 Å². The summed E-state index contributed by atoms with van der Waals surface area (Å²) in [6.45, 7) is 5.88. The standard InChI is InChI=1S/C25H35N3OS/c29-25-10-9-20-8-7-19(18-22(20)26-25)4-1-2-12-27-13-15-28(16-14-27)23-5-3-6-24-21(23)11-17-30-24/h3,5-6,11,17,19-20,22H,1-2,4,7-10,12-16,18H2,(H,26,29). The van der Waals surface area contributed by atoms with E-state index in [9.17, 15) is 4.79 Å². The number of fused-ring (bicyclic) bond motifs is 2. The highest BCUT2D eigenvalue weighted by Crippen LogP contribution is 2.36. The van der Waals surface area contributed by atoms with Crippen molar-refractivity contribution >= 4 is 33.0 Å². The Kier molecular flexibility index (Phi) is 6.28. The highest BCUT2D eigenvalue weighted by molar-refractivity contribution is 7.17. The van der Waals surface area contributed by atoms with Crippen molar-refractivity contribution in [2.24, 2.45) is 11.8 Å². The van der Waals surface area contributed by atoms with E-state index < -0.39 is 0 Å². The van der Waals surface area contributed by atoms with Crippen LogP contribution in [-0.2, 0) is 4.79 Å². The van der Waals surface area contributed by atoms with E-state index in [1.165, 1.54) is 73.9 Å². The van der Waals surface area contributed by atoms with Gasteiger partial charge in [-0.1, -0.05) is 25.3 Å². The Bertz CT molecular complexity index is 857. The first-order chi connectivity index (χ1) is 14.8. The summed E-state index contributed by atoms with van der Waals surface area (Å²) in [5, 5.41) is 6.89. The summed E-state index contributed by atoms with van der Waals surface area (Å²) < 4.78 is 1.40. The van der Waals surface area contributed by atoms with Crippen LogP contribution >= 0.6 is 11.3 Å². The van der Waals surface area contributed by atoms with E-state index in [-0.39, 0.29) is 5.91 Å².